The number of anilines is 1. The largest absolute Gasteiger partial charge is 0.482 e. The predicted octanol–water partition coefficient (Wildman–Crippen LogP) is 4.24. The molecule has 0 amide bonds. The third-order valence-corrected chi connectivity index (χ3v) is 7.34. The van der Waals surface area contributed by atoms with E-state index in [-0.39, 0.29) is 17.7 Å². The lowest BCUT2D eigenvalue weighted by molar-refractivity contribution is 0.209. The van der Waals surface area contributed by atoms with Gasteiger partial charge in [-0.1, -0.05) is 37.9 Å². The highest BCUT2D eigenvalue weighted by atomic mass is 32.2. The Labute approximate surface area is 207 Å². The molecular formula is C26H28F2N4O2S. The Balaban J connectivity index is 1.46. The van der Waals surface area contributed by atoms with Gasteiger partial charge in [0.05, 0.1) is 11.9 Å². The number of hydrogen-bond donors (Lipinski definition) is 0. The SMILES string of the molecule is CC(C)SN1CCN(c2cnn(-c3cccc(F)c3)c(=O)c2OC2Cc3ccc(F)cc3C2)CC1. The normalized spacial score (nSPS) is 18.2. The maximum atomic E-state index is 13.9. The van der Waals surface area contributed by atoms with Crippen LogP contribution >= 0.6 is 11.9 Å². The summed E-state index contributed by atoms with van der Waals surface area (Å²) in [5.41, 5.74) is 2.46. The van der Waals surface area contributed by atoms with Gasteiger partial charge in [-0.25, -0.2) is 13.1 Å². The first-order valence-corrected chi connectivity index (χ1v) is 12.7. The van der Waals surface area contributed by atoms with Crippen molar-refractivity contribution in [2.45, 2.75) is 38.0 Å². The summed E-state index contributed by atoms with van der Waals surface area (Å²) in [5.74, 6) is -0.526. The van der Waals surface area contributed by atoms with Gasteiger partial charge in [0, 0.05) is 44.3 Å². The molecule has 0 bridgehead atoms. The first-order chi connectivity index (χ1) is 16.9. The highest BCUT2D eigenvalue weighted by Gasteiger charge is 2.29. The lowest BCUT2D eigenvalue weighted by Gasteiger charge is -2.36. The first-order valence-electron chi connectivity index (χ1n) is 11.9. The van der Waals surface area contributed by atoms with E-state index in [9.17, 15) is 13.6 Å². The van der Waals surface area contributed by atoms with Gasteiger partial charge in [0.15, 0.2) is 0 Å². The summed E-state index contributed by atoms with van der Waals surface area (Å²) in [6, 6.07) is 10.5. The molecule has 2 aliphatic rings. The second-order valence-electron chi connectivity index (χ2n) is 9.19. The molecule has 6 nitrogen and oxygen atoms in total. The van der Waals surface area contributed by atoms with Crippen LogP contribution in [0.5, 0.6) is 5.75 Å². The number of hydrogen-bond acceptors (Lipinski definition) is 6. The van der Waals surface area contributed by atoms with Gasteiger partial charge in [-0.15, -0.1) is 0 Å². The van der Waals surface area contributed by atoms with Gasteiger partial charge >= 0.3 is 5.56 Å². The van der Waals surface area contributed by atoms with Gasteiger partial charge in [0.25, 0.3) is 0 Å². The van der Waals surface area contributed by atoms with E-state index in [0.717, 1.165) is 37.3 Å². The molecule has 0 N–H and O–H groups in total. The van der Waals surface area contributed by atoms with Crippen molar-refractivity contribution < 1.29 is 13.5 Å². The van der Waals surface area contributed by atoms with Gasteiger partial charge in [0.2, 0.25) is 5.75 Å². The molecule has 2 heterocycles. The van der Waals surface area contributed by atoms with Crippen molar-refractivity contribution in [2.75, 3.05) is 31.1 Å². The van der Waals surface area contributed by atoms with E-state index >= 15 is 0 Å². The van der Waals surface area contributed by atoms with Crippen LogP contribution in [0.1, 0.15) is 25.0 Å². The fourth-order valence-corrected chi connectivity index (χ4v) is 5.66. The molecule has 3 aromatic rings. The lowest BCUT2D eigenvalue weighted by atomic mass is 10.1. The van der Waals surface area contributed by atoms with E-state index in [1.165, 1.54) is 28.9 Å². The molecule has 1 fully saturated rings. The molecular weight excluding hydrogens is 470 g/mol. The van der Waals surface area contributed by atoms with E-state index in [4.69, 9.17) is 4.74 Å². The van der Waals surface area contributed by atoms with Crippen molar-refractivity contribution in [3.63, 3.8) is 0 Å². The number of benzene rings is 2. The summed E-state index contributed by atoms with van der Waals surface area (Å²) in [6.07, 6.45) is 2.46. The summed E-state index contributed by atoms with van der Waals surface area (Å²) >= 11 is 1.83. The molecule has 1 atom stereocenters. The first kappa shape index (κ1) is 23.8. The zero-order valence-electron chi connectivity index (χ0n) is 19.8. The molecule has 1 saturated heterocycles. The Morgan fingerprint density at radius 3 is 2.49 bits per heavy atom. The molecule has 9 heteroatoms. The van der Waals surface area contributed by atoms with Crippen LogP contribution in [-0.4, -0.2) is 51.6 Å². The highest BCUT2D eigenvalue weighted by Crippen LogP contribution is 2.31. The molecule has 0 radical (unpaired) electrons. The minimum atomic E-state index is -0.449. The Morgan fingerprint density at radius 1 is 1.00 bits per heavy atom. The topological polar surface area (TPSA) is 50.6 Å². The number of fused-ring (bicyclic) bond motifs is 1. The average molecular weight is 499 g/mol. The molecule has 0 saturated carbocycles. The number of piperazine rings is 1. The maximum absolute atomic E-state index is 13.9. The summed E-state index contributed by atoms with van der Waals surface area (Å²) in [7, 11) is 0. The van der Waals surface area contributed by atoms with Gasteiger partial charge in [-0.05, 0) is 41.5 Å². The monoisotopic (exact) mass is 498 g/mol. The minimum Gasteiger partial charge on any atom is -0.482 e. The van der Waals surface area contributed by atoms with Crippen LogP contribution < -0.4 is 15.2 Å². The minimum absolute atomic E-state index is 0.201. The fraction of sp³-hybridized carbons (Fsp3) is 0.385. The third kappa shape index (κ3) is 5.21. The fourth-order valence-electron chi connectivity index (χ4n) is 4.69. The van der Waals surface area contributed by atoms with Crippen molar-refractivity contribution in [2.24, 2.45) is 0 Å². The number of nitrogens with zero attached hydrogens (tertiary/aromatic N) is 4. The van der Waals surface area contributed by atoms with Crippen molar-refractivity contribution >= 4 is 17.6 Å². The van der Waals surface area contributed by atoms with Crippen molar-refractivity contribution in [3.8, 4) is 11.4 Å². The molecule has 1 aliphatic heterocycles. The molecule has 2 aromatic carbocycles. The molecule has 0 spiro atoms. The number of halogens is 2. The summed E-state index contributed by atoms with van der Waals surface area (Å²) < 4.78 is 37.5. The van der Waals surface area contributed by atoms with Gasteiger partial charge < -0.3 is 9.64 Å². The predicted molar refractivity (Wildman–Crippen MR) is 135 cm³/mol. The second-order valence-corrected chi connectivity index (χ2v) is 10.9. The Hall–Kier alpha value is -2.91. The Morgan fingerprint density at radius 2 is 1.74 bits per heavy atom. The van der Waals surface area contributed by atoms with Crippen molar-refractivity contribution in [1.29, 1.82) is 0 Å². The maximum Gasteiger partial charge on any atom is 0.316 e. The number of ether oxygens (including phenoxy) is 1. The van der Waals surface area contributed by atoms with Crippen molar-refractivity contribution in [3.05, 3.63) is 81.8 Å². The highest BCUT2D eigenvalue weighted by molar-refractivity contribution is 7.97. The Bertz CT molecular complexity index is 1270. The standard InChI is InChI=1S/C26H28F2N4O2S/c1-17(2)35-31-10-8-30(9-11-31)24-16-29-32(22-5-3-4-20(27)15-22)26(33)25(24)34-23-13-18-6-7-21(28)12-19(18)14-23/h3-7,12,15-17,23H,8-11,13-14H2,1-2H3. The molecule has 1 aromatic heterocycles. The third-order valence-electron chi connectivity index (χ3n) is 6.25. The zero-order valence-corrected chi connectivity index (χ0v) is 20.6. The van der Waals surface area contributed by atoms with Crippen LogP contribution in [0, 0.1) is 11.6 Å². The smallest absolute Gasteiger partial charge is 0.316 e. The van der Waals surface area contributed by atoms with Crippen LogP contribution in [0.2, 0.25) is 0 Å². The van der Waals surface area contributed by atoms with Crippen molar-refractivity contribution in [1.82, 2.24) is 14.1 Å². The van der Waals surface area contributed by atoms with Gasteiger partial charge in [-0.2, -0.15) is 9.78 Å². The molecule has 5 rings (SSSR count). The molecule has 1 aliphatic carbocycles. The van der Waals surface area contributed by atoms with Crippen LogP contribution in [0.3, 0.4) is 0 Å². The molecule has 35 heavy (non-hydrogen) atoms. The Kier molecular flexibility index (Phi) is 6.80. The number of rotatable bonds is 6. The molecule has 1 unspecified atom stereocenters. The van der Waals surface area contributed by atoms with E-state index in [0.29, 0.717) is 29.5 Å². The quantitative estimate of drug-likeness (QED) is 0.474. The average Bonchev–Trinajstić information content (AvgIpc) is 3.22. The van der Waals surface area contributed by atoms with Crippen LogP contribution in [0.25, 0.3) is 5.69 Å². The lowest BCUT2D eigenvalue weighted by Crippen LogP contribution is -2.45. The number of aromatic nitrogens is 2. The van der Waals surface area contributed by atoms with Gasteiger partial charge in [0.1, 0.15) is 23.4 Å². The van der Waals surface area contributed by atoms with Crippen LogP contribution in [-0.2, 0) is 12.8 Å². The van der Waals surface area contributed by atoms with E-state index in [1.807, 2.05) is 11.9 Å². The summed E-state index contributed by atoms with van der Waals surface area (Å²) in [6.45, 7) is 7.51. The van der Waals surface area contributed by atoms with Crippen LogP contribution in [0.4, 0.5) is 14.5 Å². The summed E-state index contributed by atoms with van der Waals surface area (Å²) in [4.78, 5) is 15.7. The van der Waals surface area contributed by atoms with E-state index in [2.05, 4.69) is 28.2 Å². The summed E-state index contributed by atoms with van der Waals surface area (Å²) in [5, 5.41) is 4.87. The van der Waals surface area contributed by atoms with Gasteiger partial charge in [-0.3, -0.25) is 4.79 Å². The van der Waals surface area contributed by atoms with E-state index < -0.39 is 11.4 Å². The second kappa shape index (κ2) is 9.99. The van der Waals surface area contributed by atoms with E-state index in [1.54, 1.807) is 24.4 Å². The van der Waals surface area contributed by atoms with Crippen LogP contribution in [0.15, 0.2) is 53.5 Å². The zero-order chi connectivity index (χ0) is 24.5. The molecule has 184 valence electrons.